The number of nitrogens with zero attached hydrogens (tertiary/aromatic N) is 2. The molecule has 8 nitrogen and oxygen atoms in total. The summed E-state index contributed by atoms with van der Waals surface area (Å²) < 4.78 is 11.5. The molecule has 0 unspecified atom stereocenters. The van der Waals surface area contributed by atoms with E-state index in [9.17, 15) is 14.4 Å². The monoisotopic (exact) mass is 501 g/mol. The Morgan fingerprint density at radius 2 is 1.81 bits per heavy atom. The summed E-state index contributed by atoms with van der Waals surface area (Å²) in [5.74, 6) is -0.295. The number of fused-ring (bicyclic) bond motifs is 3. The number of nitrogens with one attached hydrogen (secondary N) is 1. The molecule has 0 bridgehead atoms. The van der Waals surface area contributed by atoms with Gasteiger partial charge in [-0.15, -0.1) is 0 Å². The van der Waals surface area contributed by atoms with Gasteiger partial charge >= 0.3 is 5.97 Å². The van der Waals surface area contributed by atoms with E-state index >= 15 is 0 Å². The molecule has 0 spiro atoms. The van der Waals surface area contributed by atoms with Gasteiger partial charge in [0.25, 0.3) is 5.56 Å². The van der Waals surface area contributed by atoms with Crippen molar-refractivity contribution in [3.05, 3.63) is 99.0 Å². The zero-order valence-corrected chi connectivity index (χ0v) is 20.1. The molecule has 3 aromatic carbocycles. The molecule has 1 amide bonds. The molecule has 2 heterocycles. The van der Waals surface area contributed by atoms with Crippen LogP contribution in [0.15, 0.2) is 76.0 Å². The lowest BCUT2D eigenvalue weighted by Gasteiger charge is -2.13. The molecule has 9 heteroatoms. The van der Waals surface area contributed by atoms with Gasteiger partial charge in [-0.1, -0.05) is 35.0 Å². The third-order valence-electron chi connectivity index (χ3n) is 5.87. The molecule has 0 aliphatic carbocycles. The fraction of sp³-hybridized carbons (Fsp3) is 0.111. The number of anilines is 1. The van der Waals surface area contributed by atoms with Gasteiger partial charge in [0.05, 0.1) is 29.6 Å². The number of esters is 1. The fourth-order valence-electron chi connectivity index (χ4n) is 4.21. The molecule has 2 aromatic heterocycles. The highest BCUT2D eigenvalue weighted by molar-refractivity contribution is 6.37. The summed E-state index contributed by atoms with van der Waals surface area (Å²) in [6, 6.07) is 18.9. The minimum atomic E-state index is -0.451. The first-order valence-electron chi connectivity index (χ1n) is 11.0. The van der Waals surface area contributed by atoms with Gasteiger partial charge in [0, 0.05) is 16.8 Å². The number of carbonyl (C=O) groups is 2. The minimum absolute atomic E-state index is 0.0779. The van der Waals surface area contributed by atoms with E-state index in [1.807, 2.05) is 6.07 Å². The van der Waals surface area contributed by atoms with Gasteiger partial charge in [-0.2, -0.15) is 0 Å². The second-order valence-electron chi connectivity index (χ2n) is 8.20. The van der Waals surface area contributed by atoms with E-state index in [-0.39, 0.29) is 17.9 Å². The largest absolute Gasteiger partial charge is 0.465 e. The Morgan fingerprint density at radius 1 is 1.06 bits per heavy atom. The highest BCUT2D eigenvalue weighted by Crippen LogP contribution is 2.31. The number of carbonyl (C=O) groups excluding carboxylic acids is 2. The number of pyridine rings is 1. The van der Waals surface area contributed by atoms with Crippen molar-refractivity contribution in [3.63, 3.8) is 0 Å². The number of rotatable bonds is 5. The second kappa shape index (κ2) is 9.31. The Morgan fingerprint density at radius 3 is 2.56 bits per heavy atom. The van der Waals surface area contributed by atoms with E-state index < -0.39 is 5.97 Å². The topological polar surface area (TPSA) is 103 Å². The van der Waals surface area contributed by atoms with Crippen molar-refractivity contribution in [2.45, 2.75) is 13.3 Å². The molecule has 0 aliphatic rings. The van der Waals surface area contributed by atoms with E-state index in [1.165, 1.54) is 7.11 Å². The third kappa shape index (κ3) is 4.12. The smallest absolute Gasteiger partial charge is 0.337 e. The summed E-state index contributed by atoms with van der Waals surface area (Å²) in [5, 5.41) is 8.30. The summed E-state index contributed by atoms with van der Waals surface area (Å²) in [6.45, 7) is 1.68. The Bertz CT molecular complexity index is 1700. The average molecular weight is 502 g/mol. The van der Waals surface area contributed by atoms with E-state index in [4.69, 9.17) is 16.1 Å². The van der Waals surface area contributed by atoms with Crippen molar-refractivity contribution in [3.8, 4) is 5.69 Å². The molecular formula is C27H20ClN3O5. The van der Waals surface area contributed by atoms with Gasteiger partial charge in [0.15, 0.2) is 0 Å². The molecule has 0 saturated carbocycles. The number of aromatic nitrogens is 2. The molecule has 0 aliphatic heterocycles. The van der Waals surface area contributed by atoms with Crippen LogP contribution in [0.25, 0.3) is 27.5 Å². The van der Waals surface area contributed by atoms with Crippen LogP contribution in [0.2, 0.25) is 5.02 Å². The quantitative estimate of drug-likeness (QED) is 0.337. The Balaban J connectivity index is 1.49. The SMILES string of the molecule is COC(=O)c1ccc(NC(=O)Cc2cccc(-n3c(=O)c4c(C)onc4c4c(Cl)cccc43)c2)cc1. The second-order valence-corrected chi connectivity index (χ2v) is 8.61. The lowest BCUT2D eigenvalue weighted by atomic mass is 10.1. The summed E-state index contributed by atoms with van der Waals surface area (Å²) in [4.78, 5) is 37.8. The number of aryl methyl sites for hydroxylation is 1. The summed E-state index contributed by atoms with van der Waals surface area (Å²) in [5.41, 5.74) is 2.95. The number of ether oxygens (including phenoxy) is 1. The van der Waals surface area contributed by atoms with E-state index in [2.05, 4.69) is 15.2 Å². The number of methoxy groups -OCH3 is 1. The Kier molecular flexibility index (Phi) is 6.03. The van der Waals surface area contributed by atoms with Crippen LogP contribution in [0.4, 0.5) is 5.69 Å². The molecule has 180 valence electrons. The van der Waals surface area contributed by atoms with E-state index in [0.717, 1.165) is 0 Å². The van der Waals surface area contributed by atoms with Gasteiger partial charge in [-0.25, -0.2) is 4.79 Å². The number of hydrogen-bond acceptors (Lipinski definition) is 6. The first-order chi connectivity index (χ1) is 17.4. The molecule has 5 aromatic rings. The molecule has 5 rings (SSSR count). The van der Waals surface area contributed by atoms with Gasteiger partial charge in [-0.05, 0) is 61.0 Å². The maximum atomic E-state index is 13.5. The van der Waals surface area contributed by atoms with Crippen LogP contribution in [-0.2, 0) is 16.0 Å². The Labute approximate surface area is 210 Å². The summed E-state index contributed by atoms with van der Waals surface area (Å²) in [6.07, 6.45) is 0.0779. The minimum Gasteiger partial charge on any atom is -0.465 e. The van der Waals surface area contributed by atoms with Crippen LogP contribution in [0.1, 0.15) is 21.7 Å². The van der Waals surface area contributed by atoms with Crippen molar-refractivity contribution in [2.24, 2.45) is 0 Å². The number of halogens is 1. The van der Waals surface area contributed by atoms with Crippen LogP contribution < -0.4 is 10.9 Å². The predicted molar refractivity (Wildman–Crippen MR) is 137 cm³/mol. The zero-order valence-electron chi connectivity index (χ0n) is 19.4. The predicted octanol–water partition coefficient (Wildman–Crippen LogP) is 5.06. The first kappa shape index (κ1) is 23.3. The van der Waals surface area contributed by atoms with Gasteiger partial charge < -0.3 is 14.6 Å². The molecular weight excluding hydrogens is 482 g/mol. The number of amides is 1. The molecule has 0 radical (unpaired) electrons. The maximum absolute atomic E-state index is 13.5. The number of benzene rings is 3. The fourth-order valence-corrected chi connectivity index (χ4v) is 4.47. The number of hydrogen-bond donors (Lipinski definition) is 1. The van der Waals surface area contributed by atoms with Crippen molar-refractivity contribution in [2.75, 3.05) is 12.4 Å². The van der Waals surface area contributed by atoms with Crippen LogP contribution in [0, 0.1) is 6.92 Å². The first-order valence-corrected chi connectivity index (χ1v) is 11.4. The van der Waals surface area contributed by atoms with Gasteiger partial charge in [0.1, 0.15) is 16.7 Å². The zero-order chi connectivity index (χ0) is 25.4. The van der Waals surface area contributed by atoms with Crippen LogP contribution >= 0.6 is 11.6 Å². The lowest BCUT2D eigenvalue weighted by Crippen LogP contribution is -2.20. The summed E-state index contributed by atoms with van der Waals surface area (Å²) >= 11 is 6.49. The summed E-state index contributed by atoms with van der Waals surface area (Å²) in [7, 11) is 1.31. The molecule has 0 atom stereocenters. The molecule has 0 saturated heterocycles. The normalized spacial score (nSPS) is 11.1. The van der Waals surface area contributed by atoms with Gasteiger partial charge in [0.2, 0.25) is 5.91 Å². The van der Waals surface area contributed by atoms with Crippen LogP contribution in [-0.4, -0.2) is 28.7 Å². The van der Waals surface area contributed by atoms with Crippen molar-refractivity contribution < 1.29 is 18.8 Å². The Hall–Kier alpha value is -4.43. The standard InChI is InChI=1S/C27H20ClN3O5/c1-15-23-25(30-36-15)24-20(28)7-4-8-21(24)31(26(23)33)19-6-3-5-16(13-19)14-22(32)29-18-11-9-17(10-12-18)27(34)35-2/h3-13H,14H2,1-2H3,(H,29,32). The maximum Gasteiger partial charge on any atom is 0.337 e. The molecule has 0 fully saturated rings. The van der Waals surface area contributed by atoms with Gasteiger partial charge in [-0.3, -0.25) is 14.2 Å². The van der Waals surface area contributed by atoms with E-state index in [0.29, 0.717) is 55.1 Å². The third-order valence-corrected chi connectivity index (χ3v) is 6.19. The van der Waals surface area contributed by atoms with Crippen LogP contribution in [0.3, 0.4) is 0 Å². The molecule has 36 heavy (non-hydrogen) atoms. The van der Waals surface area contributed by atoms with Crippen molar-refractivity contribution in [1.29, 1.82) is 0 Å². The highest BCUT2D eigenvalue weighted by Gasteiger charge is 2.20. The lowest BCUT2D eigenvalue weighted by molar-refractivity contribution is -0.115. The van der Waals surface area contributed by atoms with Crippen LogP contribution in [0.5, 0.6) is 0 Å². The molecule has 1 N–H and O–H groups in total. The average Bonchev–Trinajstić information content (AvgIpc) is 3.26. The van der Waals surface area contributed by atoms with Crippen molar-refractivity contribution >= 4 is 51.0 Å². The van der Waals surface area contributed by atoms with Crippen molar-refractivity contribution in [1.82, 2.24) is 9.72 Å². The highest BCUT2D eigenvalue weighted by atomic mass is 35.5. The van der Waals surface area contributed by atoms with E-state index in [1.54, 1.807) is 72.2 Å².